The third-order valence-corrected chi connectivity index (χ3v) is 10.5. The summed E-state index contributed by atoms with van der Waals surface area (Å²) in [5.74, 6) is -1.52. The average molecular weight is 628 g/mol. The van der Waals surface area contributed by atoms with E-state index in [0.29, 0.717) is 28.6 Å². The zero-order valence-corrected chi connectivity index (χ0v) is 23.9. The van der Waals surface area contributed by atoms with Crippen LogP contribution >= 0.6 is 46.8 Å². The molecule has 2 aromatic heterocycles. The van der Waals surface area contributed by atoms with Crippen molar-refractivity contribution in [2.24, 2.45) is 10.9 Å². The molecule has 0 bridgehead atoms. The van der Waals surface area contributed by atoms with Gasteiger partial charge in [0, 0.05) is 53.0 Å². The van der Waals surface area contributed by atoms with Gasteiger partial charge in [-0.15, -0.1) is 23.5 Å². The van der Waals surface area contributed by atoms with E-state index in [-0.39, 0.29) is 35.7 Å². The Hall–Kier alpha value is -3.13. The summed E-state index contributed by atoms with van der Waals surface area (Å²) in [6, 6.07) is 2.57. The van der Waals surface area contributed by atoms with Crippen LogP contribution < -0.4 is 22.1 Å². The van der Waals surface area contributed by atoms with Gasteiger partial charge in [-0.05, 0) is 12.1 Å². The molecule has 2 saturated heterocycles. The standard InChI is InChI=1S/C21H25N9O6S4/c22-6-12(31)25-4-5-37-7-10-11(2-1-3-24-10)39-21(19(34)35)8-30-17(33)14(18(30)38-9-21)26-16(32)13(28-36)15-27-20(23)40-29-15/h1-3,14,18,36H,4-9,22H2,(H,25,31)(H,26,32)(H,34,35)(H2,23,27,29)/t14-,18-,21?/m1/s1. The maximum Gasteiger partial charge on any atom is 0.322 e. The summed E-state index contributed by atoms with van der Waals surface area (Å²) in [6.45, 7) is 0.293. The van der Waals surface area contributed by atoms with E-state index in [1.807, 2.05) is 0 Å². The predicted octanol–water partition coefficient (Wildman–Crippen LogP) is -0.983. The van der Waals surface area contributed by atoms with Gasteiger partial charge < -0.3 is 37.3 Å². The Labute approximate surface area is 244 Å². The summed E-state index contributed by atoms with van der Waals surface area (Å²) in [6.07, 6.45) is 1.63. The van der Waals surface area contributed by atoms with Crippen LogP contribution in [-0.4, -0.2) is 106 Å². The number of β-lactam (4-membered cyclic amide) rings is 1. The highest BCUT2D eigenvalue weighted by atomic mass is 32.2. The number of carboxylic acids is 1. The monoisotopic (exact) mass is 627 g/mol. The third-order valence-electron chi connectivity index (χ3n) is 5.85. The van der Waals surface area contributed by atoms with Crippen molar-refractivity contribution in [3.05, 3.63) is 29.8 Å². The number of pyridine rings is 1. The molecule has 0 aliphatic carbocycles. The van der Waals surface area contributed by atoms with Crippen LogP contribution in [0.5, 0.6) is 0 Å². The van der Waals surface area contributed by atoms with Gasteiger partial charge in [0.1, 0.15) is 16.2 Å². The molecule has 3 amide bonds. The number of nitrogens with two attached hydrogens (primary N) is 2. The van der Waals surface area contributed by atoms with Crippen molar-refractivity contribution in [3.63, 3.8) is 0 Å². The SMILES string of the molecule is NCC(=O)NCCSCc1ncccc1SC1(C(=O)O)CS[C@@H]2[C@H](NC(=O)C(=NO)c3nsc(N)n3)C(=O)N2C1. The van der Waals surface area contributed by atoms with Crippen LogP contribution in [0.4, 0.5) is 5.13 Å². The number of nitrogens with one attached hydrogen (secondary N) is 2. The molecule has 0 aromatic carbocycles. The number of carbonyl (C=O) groups excluding carboxylic acids is 3. The minimum absolute atomic E-state index is 0.0755. The third kappa shape index (κ3) is 6.43. The molecular formula is C21H25N9O6S4. The topological polar surface area (TPSA) is 239 Å². The molecule has 2 aromatic rings. The van der Waals surface area contributed by atoms with Crippen molar-refractivity contribution < 1.29 is 29.5 Å². The molecule has 8 N–H and O–H groups in total. The number of hydrogen-bond acceptors (Lipinski definition) is 15. The Kier molecular flexibility index (Phi) is 9.72. The number of anilines is 1. The van der Waals surface area contributed by atoms with Crippen molar-refractivity contribution in [2.45, 2.75) is 26.8 Å². The van der Waals surface area contributed by atoms with Gasteiger partial charge in [-0.1, -0.05) is 5.16 Å². The van der Waals surface area contributed by atoms with Crippen molar-refractivity contribution in [2.75, 3.05) is 36.9 Å². The van der Waals surface area contributed by atoms with Gasteiger partial charge in [0.05, 0.1) is 12.2 Å². The lowest BCUT2D eigenvalue weighted by molar-refractivity contribution is -0.151. The maximum absolute atomic E-state index is 13.0. The van der Waals surface area contributed by atoms with Crippen LogP contribution in [0.15, 0.2) is 28.4 Å². The van der Waals surface area contributed by atoms with E-state index in [1.54, 1.807) is 18.3 Å². The van der Waals surface area contributed by atoms with Crippen molar-refractivity contribution >= 4 is 81.4 Å². The fraction of sp³-hybridized carbons (Fsp3) is 0.429. The molecule has 0 saturated carbocycles. The zero-order chi connectivity index (χ0) is 28.9. The van der Waals surface area contributed by atoms with E-state index in [0.717, 1.165) is 23.3 Å². The van der Waals surface area contributed by atoms with Crippen LogP contribution in [0.1, 0.15) is 11.5 Å². The number of rotatable bonds is 12. The minimum atomic E-state index is -1.34. The molecule has 4 rings (SSSR count). The van der Waals surface area contributed by atoms with Crippen LogP contribution in [0, 0.1) is 0 Å². The first-order valence-electron chi connectivity index (χ1n) is 11.6. The van der Waals surface area contributed by atoms with E-state index in [9.17, 15) is 29.5 Å². The van der Waals surface area contributed by atoms with Crippen molar-refractivity contribution in [1.82, 2.24) is 29.9 Å². The molecule has 3 atom stereocenters. The second-order valence-corrected chi connectivity index (χ2v) is 12.9. The highest BCUT2D eigenvalue weighted by Gasteiger charge is 2.58. The molecule has 19 heteroatoms. The molecular weight excluding hydrogens is 603 g/mol. The fourth-order valence-corrected chi connectivity index (χ4v) is 8.13. The highest BCUT2D eigenvalue weighted by Crippen LogP contribution is 2.47. The number of amides is 3. The predicted molar refractivity (Wildman–Crippen MR) is 151 cm³/mol. The Morgan fingerprint density at radius 2 is 2.15 bits per heavy atom. The van der Waals surface area contributed by atoms with Crippen molar-refractivity contribution in [1.29, 1.82) is 0 Å². The van der Waals surface area contributed by atoms with Crippen LogP contribution in [0.25, 0.3) is 0 Å². The lowest BCUT2D eigenvalue weighted by Crippen LogP contribution is -2.74. The molecule has 0 radical (unpaired) electrons. The molecule has 2 aliphatic rings. The molecule has 214 valence electrons. The number of thioether (sulfide) groups is 3. The fourth-order valence-electron chi connectivity index (χ4n) is 3.86. The Morgan fingerprint density at radius 3 is 2.83 bits per heavy atom. The zero-order valence-electron chi connectivity index (χ0n) is 20.7. The van der Waals surface area contributed by atoms with Gasteiger partial charge in [0.15, 0.2) is 5.13 Å². The normalized spacial score (nSPS) is 22.3. The molecule has 2 fully saturated rings. The van der Waals surface area contributed by atoms with Crippen LogP contribution in [0.2, 0.25) is 0 Å². The quantitative estimate of drug-likeness (QED) is 0.0545. The van der Waals surface area contributed by atoms with Gasteiger partial charge in [-0.2, -0.15) is 21.1 Å². The maximum atomic E-state index is 13.0. The highest BCUT2D eigenvalue weighted by molar-refractivity contribution is 8.05. The number of aliphatic carboxylic acids is 1. The first-order valence-corrected chi connectivity index (χ1v) is 15.4. The Balaban J connectivity index is 1.39. The van der Waals surface area contributed by atoms with E-state index in [4.69, 9.17) is 11.5 Å². The van der Waals surface area contributed by atoms with E-state index < -0.39 is 39.7 Å². The van der Waals surface area contributed by atoms with E-state index in [1.165, 1.54) is 28.4 Å². The lowest BCUT2D eigenvalue weighted by atomic mass is 10.0. The average Bonchev–Trinajstić information content (AvgIpc) is 3.37. The van der Waals surface area contributed by atoms with E-state index >= 15 is 0 Å². The second kappa shape index (κ2) is 13.0. The first kappa shape index (κ1) is 29.8. The first-order chi connectivity index (χ1) is 19.2. The van der Waals surface area contributed by atoms with Gasteiger partial charge >= 0.3 is 5.97 Å². The Bertz CT molecular complexity index is 1330. The van der Waals surface area contributed by atoms with Crippen LogP contribution in [-0.2, 0) is 24.9 Å². The number of nitrogen functional groups attached to an aromatic ring is 1. The largest absolute Gasteiger partial charge is 0.480 e. The second-order valence-electron chi connectivity index (χ2n) is 8.48. The molecule has 0 spiro atoms. The lowest BCUT2D eigenvalue weighted by Gasteiger charge is -2.53. The van der Waals surface area contributed by atoms with Gasteiger partial charge in [-0.3, -0.25) is 24.2 Å². The number of oxime groups is 1. The van der Waals surface area contributed by atoms with Gasteiger partial charge in [-0.25, -0.2) is 0 Å². The molecule has 1 unspecified atom stereocenters. The van der Waals surface area contributed by atoms with Gasteiger partial charge in [0.2, 0.25) is 23.4 Å². The summed E-state index contributed by atoms with van der Waals surface area (Å²) in [7, 11) is 0. The van der Waals surface area contributed by atoms with E-state index in [2.05, 4.69) is 30.1 Å². The summed E-state index contributed by atoms with van der Waals surface area (Å²) in [5, 5.41) is 27.3. The summed E-state index contributed by atoms with van der Waals surface area (Å²) in [5.41, 5.74) is 11.0. The smallest absolute Gasteiger partial charge is 0.322 e. The number of carboxylic acid groups (broad SMARTS) is 1. The molecule has 2 aliphatic heterocycles. The number of aromatic nitrogens is 3. The number of fused-ring (bicyclic) bond motifs is 1. The van der Waals surface area contributed by atoms with Gasteiger partial charge in [0.25, 0.3) is 5.91 Å². The summed E-state index contributed by atoms with van der Waals surface area (Å²) >= 11 is 4.73. The number of carbonyl (C=O) groups is 4. The number of hydrogen-bond donors (Lipinski definition) is 6. The Morgan fingerprint density at radius 1 is 1.35 bits per heavy atom. The van der Waals surface area contributed by atoms with Crippen LogP contribution in [0.3, 0.4) is 0 Å². The summed E-state index contributed by atoms with van der Waals surface area (Å²) < 4.78 is 2.50. The number of nitrogens with zero attached hydrogens (tertiary/aromatic N) is 5. The van der Waals surface area contributed by atoms with Crippen molar-refractivity contribution in [3.8, 4) is 0 Å². The minimum Gasteiger partial charge on any atom is -0.480 e. The molecule has 15 nitrogen and oxygen atoms in total. The molecule has 4 heterocycles. The molecule has 40 heavy (non-hydrogen) atoms. The summed E-state index contributed by atoms with van der Waals surface area (Å²) in [4.78, 5) is 59.8.